The molecular formula is C40H24N4O. The maximum Gasteiger partial charge on any atom is 0.164 e. The van der Waals surface area contributed by atoms with E-state index in [0.717, 1.165) is 71.6 Å². The number of rotatable bonds is 4. The molecule has 5 heteroatoms. The summed E-state index contributed by atoms with van der Waals surface area (Å²) in [4.78, 5) is 19.8. The molecule has 0 saturated heterocycles. The minimum atomic E-state index is 0.639. The van der Waals surface area contributed by atoms with Crippen molar-refractivity contribution in [2.75, 3.05) is 0 Å². The Morgan fingerprint density at radius 3 is 1.82 bits per heavy atom. The SMILES string of the molecule is c1ccc(-c2nc(-c3ccccc3)nc(-c3cccc4cc(-c5cccc6oc7cc8ccccc8nc7c56)ccc34)n2)cc1. The second-order valence-electron chi connectivity index (χ2n) is 11.1. The van der Waals surface area contributed by atoms with Crippen LogP contribution in [-0.2, 0) is 0 Å². The van der Waals surface area contributed by atoms with Gasteiger partial charge in [0.2, 0.25) is 0 Å². The molecule has 0 atom stereocenters. The number of nitrogens with zero attached hydrogens (tertiary/aromatic N) is 4. The molecule has 45 heavy (non-hydrogen) atoms. The zero-order valence-electron chi connectivity index (χ0n) is 24.1. The third kappa shape index (κ3) is 4.33. The summed E-state index contributed by atoms with van der Waals surface area (Å²) >= 11 is 0. The Balaban J connectivity index is 1.22. The summed E-state index contributed by atoms with van der Waals surface area (Å²) in [6.07, 6.45) is 0. The van der Waals surface area contributed by atoms with Gasteiger partial charge in [-0.1, -0.05) is 121 Å². The van der Waals surface area contributed by atoms with Crippen LogP contribution in [0.15, 0.2) is 150 Å². The summed E-state index contributed by atoms with van der Waals surface area (Å²) in [7, 11) is 0. The number of hydrogen-bond donors (Lipinski definition) is 0. The van der Waals surface area contributed by atoms with Gasteiger partial charge in [0, 0.05) is 22.1 Å². The van der Waals surface area contributed by atoms with Crippen LogP contribution in [0.2, 0.25) is 0 Å². The van der Waals surface area contributed by atoms with E-state index in [9.17, 15) is 0 Å². The Hall–Kier alpha value is -6.20. The molecule has 210 valence electrons. The fraction of sp³-hybridized carbons (Fsp3) is 0. The summed E-state index contributed by atoms with van der Waals surface area (Å²) in [5.74, 6) is 1.93. The molecule has 0 N–H and O–H groups in total. The topological polar surface area (TPSA) is 64.7 Å². The van der Waals surface area contributed by atoms with Crippen LogP contribution < -0.4 is 0 Å². The zero-order valence-corrected chi connectivity index (χ0v) is 24.1. The first-order chi connectivity index (χ1) is 22.3. The standard InChI is InChI=1S/C40H24N4O/c1-3-11-25(12-4-1)38-42-39(26-13-5-2-6-14-26)44-40(43-38)32-18-9-16-27-23-28(21-22-30(27)32)31-17-10-20-34-36(31)37-35(45-34)24-29-15-7-8-19-33(29)41-37/h1-24H. The number of hydrogen-bond acceptors (Lipinski definition) is 5. The highest BCUT2D eigenvalue weighted by molar-refractivity contribution is 6.13. The molecular weight excluding hydrogens is 552 g/mol. The van der Waals surface area contributed by atoms with Gasteiger partial charge in [0.05, 0.1) is 10.9 Å². The van der Waals surface area contributed by atoms with Crippen molar-refractivity contribution >= 4 is 43.7 Å². The quantitative estimate of drug-likeness (QED) is 0.209. The Labute approximate surface area is 258 Å². The number of aromatic nitrogens is 4. The highest BCUT2D eigenvalue weighted by atomic mass is 16.3. The van der Waals surface area contributed by atoms with Crippen LogP contribution in [0.25, 0.3) is 89.0 Å². The largest absolute Gasteiger partial charge is 0.454 e. The molecule has 0 spiro atoms. The molecule has 9 aromatic rings. The van der Waals surface area contributed by atoms with Crippen molar-refractivity contribution in [2.24, 2.45) is 0 Å². The van der Waals surface area contributed by atoms with Gasteiger partial charge in [0.25, 0.3) is 0 Å². The van der Waals surface area contributed by atoms with Crippen LogP contribution in [0.5, 0.6) is 0 Å². The average molecular weight is 577 g/mol. The first-order valence-corrected chi connectivity index (χ1v) is 14.9. The summed E-state index contributed by atoms with van der Waals surface area (Å²) in [5, 5.41) is 4.24. The first-order valence-electron chi connectivity index (χ1n) is 14.9. The Morgan fingerprint density at radius 1 is 0.400 bits per heavy atom. The Kier molecular flexibility index (Phi) is 5.74. The van der Waals surface area contributed by atoms with Crippen LogP contribution in [-0.4, -0.2) is 19.9 Å². The third-order valence-electron chi connectivity index (χ3n) is 8.30. The van der Waals surface area contributed by atoms with Crippen molar-refractivity contribution in [3.63, 3.8) is 0 Å². The van der Waals surface area contributed by atoms with E-state index in [1.54, 1.807) is 0 Å². The Bertz CT molecular complexity index is 2480. The normalized spacial score (nSPS) is 11.6. The van der Waals surface area contributed by atoms with Crippen LogP contribution in [0.4, 0.5) is 0 Å². The fourth-order valence-electron chi connectivity index (χ4n) is 6.15. The van der Waals surface area contributed by atoms with Gasteiger partial charge >= 0.3 is 0 Å². The van der Waals surface area contributed by atoms with Gasteiger partial charge in [-0.05, 0) is 46.2 Å². The molecule has 0 radical (unpaired) electrons. The summed E-state index contributed by atoms with van der Waals surface area (Å²) < 4.78 is 6.30. The van der Waals surface area contributed by atoms with Gasteiger partial charge in [-0.15, -0.1) is 0 Å². The van der Waals surface area contributed by atoms with Crippen molar-refractivity contribution in [2.45, 2.75) is 0 Å². The fourth-order valence-corrected chi connectivity index (χ4v) is 6.15. The van der Waals surface area contributed by atoms with Crippen LogP contribution in [0.3, 0.4) is 0 Å². The van der Waals surface area contributed by atoms with Gasteiger partial charge in [-0.3, -0.25) is 0 Å². The summed E-state index contributed by atoms with van der Waals surface area (Å²) in [6, 6.07) is 49.4. The van der Waals surface area contributed by atoms with E-state index in [-0.39, 0.29) is 0 Å². The van der Waals surface area contributed by atoms with Crippen LogP contribution >= 0.6 is 0 Å². The second-order valence-corrected chi connectivity index (χ2v) is 11.1. The zero-order chi connectivity index (χ0) is 29.7. The van der Waals surface area contributed by atoms with Crippen molar-refractivity contribution in [3.05, 3.63) is 146 Å². The van der Waals surface area contributed by atoms with E-state index in [1.165, 1.54) is 0 Å². The molecule has 3 heterocycles. The first kappa shape index (κ1) is 25.3. The van der Waals surface area contributed by atoms with Gasteiger partial charge < -0.3 is 4.42 Å². The van der Waals surface area contributed by atoms with Gasteiger partial charge in [-0.25, -0.2) is 19.9 Å². The smallest absolute Gasteiger partial charge is 0.164 e. The molecule has 0 amide bonds. The van der Waals surface area contributed by atoms with Gasteiger partial charge in [0.15, 0.2) is 23.1 Å². The molecule has 0 aliphatic carbocycles. The lowest BCUT2D eigenvalue weighted by Gasteiger charge is -2.11. The maximum absolute atomic E-state index is 6.30. The highest BCUT2D eigenvalue weighted by Gasteiger charge is 2.17. The lowest BCUT2D eigenvalue weighted by Crippen LogP contribution is -2.00. The minimum absolute atomic E-state index is 0.639. The molecule has 0 aliphatic heterocycles. The van der Waals surface area contributed by atoms with Crippen LogP contribution in [0.1, 0.15) is 0 Å². The lowest BCUT2D eigenvalue weighted by molar-refractivity contribution is 0.669. The lowest BCUT2D eigenvalue weighted by atomic mass is 9.96. The highest BCUT2D eigenvalue weighted by Crippen LogP contribution is 2.39. The molecule has 5 nitrogen and oxygen atoms in total. The van der Waals surface area contributed by atoms with E-state index in [0.29, 0.717) is 17.5 Å². The van der Waals surface area contributed by atoms with E-state index < -0.39 is 0 Å². The van der Waals surface area contributed by atoms with E-state index >= 15 is 0 Å². The molecule has 0 aliphatic rings. The predicted molar refractivity (Wildman–Crippen MR) is 182 cm³/mol. The number of furan rings is 1. The summed E-state index contributed by atoms with van der Waals surface area (Å²) in [5.41, 5.74) is 8.46. The van der Waals surface area contributed by atoms with Gasteiger partial charge in [-0.2, -0.15) is 0 Å². The van der Waals surface area contributed by atoms with Crippen LogP contribution in [0, 0.1) is 0 Å². The maximum atomic E-state index is 6.30. The van der Waals surface area contributed by atoms with E-state index in [1.807, 2.05) is 91.0 Å². The Morgan fingerprint density at radius 2 is 1.04 bits per heavy atom. The summed E-state index contributed by atoms with van der Waals surface area (Å²) in [6.45, 7) is 0. The van der Waals surface area contributed by atoms with Crippen molar-refractivity contribution in [1.82, 2.24) is 19.9 Å². The van der Waals surface area contributed by atoms with Crippen molar-refractivity contribution in [1.29, 1.82) is 0 Å². The minimum Gasteiger partial charge on any atom is -0.454 e. The molecule has 0 fully saturated rings. The molecule has 9 rings (SSSR count). The molecule has 6 aromatic carbocycles. The van der Waals surface area contributed by atoms with E-state index in [4.69, 9.17) is 24.4 Å². The predicted octanol–water partition coefficient (Wildman–Crippen LogP) is 10.1. The van der Waals surface area contributed by atoms with Crippen molar-refractivity contribution in [3.8, 4) is 45.3 Å². The molecule has 0 unspecified atom stereocenters. The number of pyridine rings is 1. The monoisotopic (exact) mass is 576 g/mol. The molecule has 0 bridgehead atoms. The number of fused-ring (bicyclic) bond motifs is 5. The van der Waals surface area contributed by atoms with E-state index in [2.05, 4.69) is 54.6 Å². The number of benzene rings is 6. The average Bonchev–Trinajstić information content (AvgIpc) is 3.48. The molecule has 3 aromatic heterocycles. The second kappa shape index (κ2) is 10.2. The number of para-hydroxylation sites is 1. The van der Waals surface area contributed by atoms with Gasteiger partial charge in [0.1, 0.15) is 11.1 Å². The van der Waals surface area contributed by atoms with Crippen molar-refractivity contribution < 1.29 is 4.42 Å². The molecule has 0 saturated carbocycles. The third-order valence-corrected chi connectivity index (χ3v) is 8.30.